The molecule has 15 rings (SSSR count). The van der Waals surface area contributed by atoms with Gasteiger partial charge in [-0.3, -0.25) is 28.3 Å². The largest absolute Gasteiger partial charge is 0.756 e. The molecule has 6 aromatic rings. The fourth-order valence-electron chi connectivity index (χ4n) is 19.5. The maximum atomic E-state index is 17.1. The van der Waals surface area contributed by atoms with Gasteiger partial charge in [0, 0.05) is 159 Å². The Morgan fingerprint density at radius 3 is 1.99 bits per heavy atom. The minimum Gasteiger partial charge on any atom is -0.756 e. The Morgan fingerprint density at radius 1 is 0.685 bits per heavy atom. The number of ether oxygens (including phenoxy) is 1. The summed E-state index contributed by atoms with van der Waals surface area (Å²) in [4.78, 5) is 102. The van der Waals surface area contributed by atoms with Crippen LogP contribution >= 0.6 is 15.6 Å². The lowest BCUT2D eigenvalue weighted by Gasteiger charge is -2.48. The molecule has 111 heavy (non-hydrogen) atoms. The number of phosphoric acid groups is 2. The van der Waals surface area contributed by atoms with Gasteiger partial charge in [0.05, 0.1) is 34.5 Å². The molecule has 0 fully saturated rings. The molecule has 0 saturated heterocycles. The molecule has 0 spiro atoms. The Bertz CT molecular complexity index is 5500. The number of hydrogen-bond acceptors (Lipinski definition) is 13. The van der Waals surface area contributed by atoms with Crippen LogP contribution in [0, 0.1) is 23.3 Å². The van der Waals surface area contributed by atoms with Crippen molar-refractivity contribution in [3.63, 3.8) is 0 Å². The zero-order chi connectivity index (χ0) is 80.0. The van der Waals surface area contributed by atoms with Gasteiger partial charge in [-0.25, -0.2) is 26.7 Å². The molecule has 21 nitrogen and oxygen atoms in total. The molecule has 8 heterocycles. The average Bonchev–Trinajstić information content (AvgIpc) is 0.696. The Kier molecular flexibility index (Phi) is 20.4. The number of anilines is 2. The van der Waals surface area contributed by atoms with Gasteiger partial charge in [0.2, 0.25) is 10.7 Å². The lowest BCUT2D eigenvalue weighted by atomic mass is 9.64. The van der Waals surface area contributed by atoms with E-state index in [1.54, 1.807) is 31.9 Å². The molecule has 3 unspecified atom stereocenters. The molecule has 0 radical (unpaired) electrons. The van der Waals surface area contributed by atoms with E-state index in [4.69, 9.17) is 13.8 Å². The van der Waals surface area contributed by atoms with Gasteiger partial charge in [0.1, 0.15) is 36.9 Å². The summed E-state index contributed by atoms with van der Waals surface area (Å²) in [6, 6.07) is 18.4. The van der Waals surface area contributed by atoms with Crippen molar-refractivity contribution in [2.24, 2.45) is 0 Å². The van der Waals surface area contributed by atoms with E-state index in [2.05, 4.69) is 81.3 Å². The molecule has 8 aliphatic heterocycles. The second-order valence-corrected chi connectivity index (χ2v) is 35.4. The predicted octanol–water partition coefficient (Wildman–Crippen LogP) is 9.99. The number of aryl methyl sites for hydroxylation is 1. The number of nitrogens with zero attached hydrogens (tertiary/aromatic N) is 6. The Balaban J connectivity index is 0.000000191. The number of carboxylic acids is 2. The minimum absolute atomic E-state index is 0.0370. The van der Waals surface area contributed by atoms with Gasteiger partial charge in [-0.1, -0.05) is 45.0 Å². The van der Waals surface area contributed by atoms with Crippen molar-refractivity contribution in [2.75, 3.05) is 76.3 Å². The summed E-state index contributed by atoms with van der Waals surface area (Å²) >= 11 is 0. The number of carbonyl (C=O) groups is 4. The molecule has 27 heteroatoms. The predicted molar refractivity (Wildman–Crippen MR) is 409 cm³/mol. The normalized spacial score (nSPS) is 19.7. The lowest BCUT2D eigenvalue weighted by molar-refractivity contribution is -0.219. The van der Waals surface area contributed by atoms with E-state index in [9.17, 15) is 58.1 Å². The molecule has 0 bridgehead atoms. The van der Waals surface area contributed by atoms with Crippen molar-refractivity contribution in [3.05, 3.63) is 195 Å². The summed E-state index contributed by atoms with van der Waals surface area (Å²) in [5.41, 5.74) is 9.90. The second-order valence-electron chi connectivity index (χ2n) is 33.1. The monoisotopic (exact) mass is 1560 g/mol. The van der Waals surface area contributed by atoms with E-state index in [0.717, 1.165) is 62.8 Å². The third kappa shape index (κ3) is 13.8. The lowest BCUT2D eigenvalue weighted by Crippen LogP contribution is -2.53. The van der Waals surface area contributed by atoms with E-state index in [-0.39, 0.29) is 87.4 Å². The molecular formula is C84H94F4N6O15P2. The first-order valence-electron chi connectivity index (χ1n) is 38.2. The van der Waals surface area contributed by atoms with Crippen LogP contribution in [0.15, 0.2) is 66.7 Å². The summed E-state index contributed by atoms with van der Waals surface area (Å²) in [6.07, 6.45) is 10.2. The Morgan fingerprint density at radius 2 is 1.32 bits per heavy atom. The van der Waals surface area contributed by atoms with E-state index in [1.807, 2.05) is 35.5 Å². The molecule has 0 aromatic heterocycles. The zero-order valence-electron chi connectivity index (χ0n) is 64.6. The summed E-state index contributed by atoms with van der Waals surface area (Å²) in [6.45, 7) is 25.1. The summed E-state index contributed by atoms with van der Waals surface area (Å²) < 4.78 is 111. The number of fused-ring (bicyclic) bond motifs is 8. The van der Waals surface area contributed by atoms with Crippen LogP contribution in [-0.2, 0) is 58.9 Å². The number of aliphatic carboxylic acids is 2. The van der Waals surface area contributed by atoms with E-state index < -0.39 is 97.6 Å². The van der Waals surface area contributed by atoms with E-state index in [0.29, 0.717) is 79.0 Å². The fourth-order valence-corrected chi connectivity index (χ4v) is 20.2. The van der Waals surface area contributed by atoms with Gasteiger partial charge in [0.15, 0.2) is 28.8 Å². The van der Waals surface area contributed by atoms with Gasteiger partial charge in [-0.2, -0.15) is 0 Å². The van der Waals surface area contributed by atoms with E-state index in [1.165, 1.54) is 79.8 Å². The van der Waals surface area contributed by atoms with Crippen LogP contribution < -0.4 is 54.6 Å². The van der Waals surface area contributed by atoms with E-state index >= 15 is 17.6 Å². The number of phosphoric ester groups is 2. The van der Waals surface area contributed by atoms with Crippen LogP contribution in [0.1, 0.15) is 226 Å². The average molecular weight is 1570 g/mol. The molecule has 2 amide bonds. The third-order valence-corrected chi connectivity index (χ3v) is 24.9. The molecule has 0 saturated carbocycles. The Hall–Kier alpha value is -8.80. The first-order chi connectivity index (χ1) is 52.2. The standard InChI is InChI=1S/C42H43F4N3O12P2.C42H51N3O3/c1-41(2)17-20(19-59-62(53,54)55)23-15-25-29(30-31(33(44)35(46)34(45)32(30)43)40(52)47(5)12-8-11-28(50)51)26-16-24-27(61-63(56,57)58)18-42(3,4)49-14-7-10-22(37(24)49)39(26)60-38(25)21-9-6-13-48(41)36(21)23;1-8-45-35-24-34-32(23-31(35)26(2)25-41(45,3)4)37(28-15-9-10-16-29(28)40(48)43(7)19-13-18-36(46)47)33-22-27-14-11-20-44-21-12-17-30(39(27)44)38(33)42(34,5)6/h15-18H,6-14,19H2,1-5H3,(H4-,50,51,53,54,55,56,57,58);9-10,15-16,22-24,26H,8,11-14,17-21,25H2,1-7H3. The molecule has 1 aliphatic carbocycles. The quantitative estimate of drug-likeness (QED) is 0.0204. The number of rotatable bonds is 18. The van der Waals surface area contributed by atoms with Crippen molar-refractivity contribution < 1.29 is 89.4 Å². The van der Waals surface area contributed by atoms with Gasteiger partial charge in [-0.05, 0) is 172 Å². The van der Waals surface area contributed by atoms with Crippen molar-refractivity contribution in [2.45, 2.75) is 181 Å². The fraction of sp³-hybridized carbons (Fsp3) is 0.452. The Labute approximate surface area is 641 Å². The highest BCUT2D eigenvalue weighted by Crippen LogP contribution is 2.55. The van der Waals surface area contributed by atoms with Crippen LogP contribution in [0.2, 0.25) is 0 Å². The maximum Gasteiger partial charge on any atom is 0.317 e. The SMILES string of the molecule is CCN1c2cc3c(cc2C(C)CC1(C)C)C(c1ccccc1C(=O)N(C)CCCC(=O)O)=c1cc2c4c(c1C3(C)C)CCC[N+]=4CCC2.CN(CCCC(=O)O)C(=O)c1c(F)c(F)c(F)c(F)c1C1=c2cc3c4c(c2Oc2c1cc1c5c2CCCN5C(C)(C)C=C1COP(=O)([O-])O)CCC[N+]=4C(C)(C)C=C3OP(=O)([O-])O. The van der Waals surface area contributed by atoms with Crippen molar-refractivity contribution in [3.8, 4) is 11.5 Å². The second kappa shape index (κ2) is 28.7. The molecular weight excluding hydrogens is 1470 g/mol. The molecule has 588 valence electrons. The number of halogens is 4. The van der Waals surface area contributed by atoms with Gasteiger partial charge < -0.3 is 63.2 Å². The molecule has 4 N–H and O–H groups in total. The highest BCUT2D eigenvalue weighted by atomic mass is 31.2. The summed E-state index contributed by atoms with van der Waals surface area (Å²) in [7, 11) is -7.87. The zero-order valence-corrected chi connectivity index (χ0v) is 66.4. The summed E-state index contributed by atoms with van der Waals surface area (Å²) in [5.74, 6) is -11.9. The van der Waals surface area contributed by atoms with Crippen molar-refractivity contribution >= 4 is 73.3 Å². The number of hydrogen-bond donors (Lipinski definition) is 4. The molecule has 3 atom stereocenters. The number of carbonyl (C=O) groups excluding carboxylic acids is 2. The van der Waals surface area contributed by atoms with Gasteiger partial charge in [0.25, 0.3) is 19.6 Å². The number of amides is 2. The van der Waals surface area contributed by atoms with Gasteiger partial charge in [-0.15, -0.1) is 0 Å². The third-order valence-electron chi connectivity index (χ3n) is 24.0. The van der Waals surface area contributed by atoms with Crippen LogP contribution in [0.3, 0.4) is 0 Å². The highest BCUT2D eigenvalue weighted by molar-refractivity contribution is 7.45. The van der Waals surface area contributed by atoms with Crippen molar-refractivity contribution in [1.82, 2.24) is 19.0 Å². The van der Waals surface area contributed by atoms with Crippen molar-refractivity contribution in [1.29, 1.82) is 0 Å². The number of carboxylic acid groups (broad SMARTS) is 2. The van der Waals surface area contributed by atoms with Crippen LogP contribution in [0.25, 0.3) is 22.5 Å². The topological polar surface area (TPSA) is 276 Å². The van der Waals surface area contributed by atoms with Gasteiger partial charge >= 0.3 is 19.8 Å². The highest BCUT2D eigenvalue weighted by Gasteiger charge is 2.48. The number of benzene rings is 6. The maximum absolute atomic E-state index is 17.1. The molecule has 9 aliphatic rings. The summed E-state index contributed by atoms with van der Waals surface area (Å²) in [5, 5.41) is 21.5. The van der Waals surface area contributed by atoms with Crippen LogP contribution in [0.4, 0.5) is 28.9 Å². The first kappa shape index (κ1) is 78.9. The molecule has 6 aromatic carbocycles. The van der Waals surface area contributed by atoms with Crippen LogP contribution in [0.5, 0.6) is 11.5 Å². The first-order valence-corrected chi connectivity index (χ1v) is 41.2. The smallest absolute Gasteiger partial charge is 0.317 e. The minimum atomic E-state index is -5.51. The van der Waals surface area contributed by atoms with Crippen LogP contribution in [-0.4, -0.2) is 137 Å².